The van der Waals surface area contributed by atoms with Crippen LogP contribution in [0.4, 0.5) is 11.6 Å². The molecule has 4 N–H and O–H groups in total. The molecule has 1 atom stereocenters. The molecule has 6 nitrogen and oxygen atoms in total. The van der Waals surface area contributed by atoms with Gasteiger partial charge >= 0.3 is 0 Å². The van der Waals surface area contributed by atoms with Crippen molar-refractivity contribution in [3.05, 3.63) is 11.9 Å². The third kappa shape index (κ3) is 4.04. The maximum absolute atomic E-state index is 9.14. The van der Waals surface area contributed by atoms with Crippen LogP contribution in [0.15, 0.2) is 6.07 Å². The van der Waals surface area contributed by atoms with E-state index in [9.17, 15) is 0 Å². The molecule has 118 valence electrons. The van der Waals surface area contributed by atoms with Crippen LogP contribution in [0.2, 0.25) is 0 Å². The number of aromatic nitrogens is 2. The van der Waals surface area contributed by atoms with Gasteiger partial charge < -0.3 is 15.4 Å². The minimum Gasteiger partial charge on any atom is -0.396 e. The summed E-state index contributed by atoms with van der Waals surface area (Å²) >= 11 is 0. The van der Waals surface area contributed by atoms with E-state index in [0.717, 1.165) is 37.6 Å². The quantitative estimate of drug-likeness (QED) is 0.578. The van der Waals surface area contributed by atoms with E-state index in [2.05, 4.69) is 36.1 Å². The van der Waals surface area contributed by atoms with Crippen molar-refractivity contribution in [2.45, 2.75) is 45.4 Å². The molecule has 0 radical (unpaired) electrons. The number of nitrogens with zero attached hydrogens (tertiary/aromatic N) is 3. The minimum absolute atomic E-state index is 0.123. The molecule has 0 aliphatic carbocycles. The Kier molecular flexibility index (Phi) is 5.00. The fraction of sp³-hybridized carbons (Fsp3) is 0.733. The van der Waals surface area contributed by atoms with E-state index in [1.165, 1.54) is 6.42 Å². The molecule has 0 saturated carbocycles. The number of piperidine rings is 1. The molecule has 1 saturated heterocycles. The molecular formula is C15H27N5O. The molecule has 0 bridgehead atoms. The summed E-state index contributed by atoms with van der Waals surface area (Å²) in [6.07, 6.45) is 3.16. The first-order valence-electron chi connectivity index (χ1n) is 7.66. The van der Waals surface area contributed by atoms with Crippen LogP contribution in [-0.4, -0.2) is 34.8 Å². The number of hydrogen-bond donors (Lipinski definition) is 3. The molecule has 21 heavy (non-hydrogen) atoms. The number of aliphatic hydroxyl groups is 1. The Bertz CT molecular complexity index is 470. The van der Waals surface area contributed by atoms with E-state index in [-0.39, 0.29) is 12.0 Å². The van der Waals surface area contributed by atoms with Gasteiger partial charge in [-0.15, -0.1) is 0 Å². The van der Waals surface area contributed by atoms with Gasteiger partial charge in [-0.2, -0.15) is 0 Å². The SMILES string of the molecule is CC(C)(C)c1nc(NN)cc(N2CCCC(CCO)C2)n1. The van der Waals surface area contributed by atoms with E-state index in [1.54, 1.807) is 0 Å². The van der Waals surface area contributed by atoms with Crippen molar-refractivity contribution < 1.29 is 5.11 Å². The number of nitrogens with two attached hydrogens (primary N) is 1. The molecular weight excluding hydrogens is 266 g/mol. The number of aliphatic hydroxyl groups excluding tert-OH is 1. The lowest BCUT2D eigenvalue weighted by Gasteiger charge is -2.34. The smallest absolute Gasteiger partial charge is 0.145 e. The van der Waals surface area contributed by atoms with E-state index >= 15 is 0 Å². The van der Waals surface area contributed by atoms with Crippen molar-refractivity contribution in [3.8, 4) is 0 Å². The van der Waals surface area contributed by atoms with E-state index < -0.39 is 0 Å². The normalized spacial score (nSPS) is 19.7. The summed E-state index contributed by atoms with van der Waals surface area (Å²) in [6.45, 7) is 8.47. The number of hydrazine groups is 1. The van der Waals surface area contributed by atoms with Gasteiger partial charge in [-0.25, -0.2) is 15.8 Å². The molecule has 1 aromatic rings. The molecule has 0 aromatic carbocycles. The zero-order valence-corrected chi connectivity index (χ0v) is 13.3. The number of hydrogen-bond acceptors (Lipinski definition) is 6. The first-order chi connectivity index (χ1) is 9.94. The highest BCUT2D eigenvalue weighted by atomic mass is 16.3. The lowest BCUT2D eigenvalue weighted by molar-refractivity contribution is 0.244. The molecule has 1 fully saturated rings. The zero-order chi connectivity index (χ0) is 15.5. The first-order valence-corrected chi connectivity index (χ1v) is 7.66. The van der Waals surface area contributed by atoms with Crippen LogP contribution in [0.5, 0.6) is 0 Å². The number of rotatable bonds is 4. The highest BCUT2D eigenvalue weighted by Gasteiger charge is 2.24. The van der Waals surface area contributed by atoms with Gasteiger partial charge in [0.1, 0.15) is 17.5 Å². The van der Waals surface area contributed by atoms with E-state index in [4.69, 9.17) is 15.9 Å². The lowest BCUT2D eigenvalue weighted by Crippen LogP contribution is -2.37. The molecule has 2 rings (SSSR count). The van der Waals surface area contributed by atoms with Crippen molar-refractivity contribution >= 4 is 11.6 Å². The molecule has 6 heteroatoms. The van der Waals surface area contributed by atoms with Gasteiger partial charge in [-0.3, -0.25) is 0 Å². The lowest BCUT2D eigenvalue weighted by atomic mass is 9.94. The van der Waals surface area contributed by atoms with Crippen molar-refractivity contribution in [1.82, 2.24) is 9.97 Å². The maximum atomic E-state index is 9.14. The second kappa shape index (κ2) is 6.58. The van der Waals surface area contributed by atoms with Gasteiger partial charge in [0.2, 0.25) is 0 Å². The van der Waals surface area contributed by atoms with Crippen LogP contribution < -0.4 is 16.2 Å². The number of anilines is 2. The summed E-state index contributed by atoms with van der Waals surface area (Å²) in [4.78, 5) is 11.5. The van der Waals surface area contributed by atoms with Crippen LogP contribution in [0.3, 0.4) is 0 Å². The molecule has 1 unspecified atom stereocenters. The predicted octanol–water partition coefficient (Wildman–Crippen LogP) is 1.66. The van der Waals surface area contributed by atoms with Gasteiger partial charge in [-0.1, -0.05) is 20.8 Å². The molecule has 1 aliphatic heterocycles. The van der Waals surface area contributed by atoms with Gasteiger partial charge in [0.15, 0.2) is 0 Å². The Morgan fingerprint density at radius 2 is 2.19 bits per heavy atom. The number of nitrogens with one attached hydrogen (secondary N) is 1. The summed E-state index contributed by atoms with van der Waals surface area (Å²) in [7, 11) is 0. The maximum Gasteiger partial charge on any atom is 0.145 e. The van der Waals surface area contributed by atoms with Crippen LogP contribution in [0, 0.1) is 5.92 Å². The number of nitrogen functional groups attached to an aromatic ring is 1. The summed E-state index contributed by atoms with van der Waals surface area (Å²) in [5, 5.41) is 9.14. The monoisotopic (exact) mass is 293 g/mol. The largest absolute Gasteiger partial charge is 0.396 e. The molecule has 2 heterocycles. The molecule has 1 aliphatic rings. The summed E-state index contributed by atoms with van der Waals surface area (Å²) < 4.78 is 0. The Morgan fingerprint density at radius 1 is 1.43 bits per heavy atom. The second-order valence-corrected chi connectivity index (χ2v) is 6.80. The third-order valence-electron chi connectivity index (χ3n) is 3.91. The van der Waals surface area contributed by atoms with Crippen molar-refractivity contribution in [2.24, 2.45) is 11.8 Å². The van der Waals surface area contributed by atoms with E-state index in [1.807, 2.05) is 6.07 Å². The molecule has 0 spiro atoms. The van der Waals surface area contributed by atoms with Gasteiger partial charge in [0.25, 0.3) is 0 Å². The Hall–Kier alpha value is -1.40. The highest BCUT2D eigenvalue weighted by molar-refractivity contribution is 5.49. The predicted molar refractivity (Wildman–Crippen MR) is 85.2 cm³/mol. The van der Waals surface area contributed by atoms with Gasteiger partial charge in [-0.05, 0) is 25.2 Å². The summed E-state index contributed by atoms with van der Waals surface area (Å²) in [6, 6.07) is 1.90. The second-order valence-electron chi connectivity index (χ2n) is 6.80. The fourth-order valence-electron chi connectivity index (χ4n) is 2.70. The minimum atomic E-state index is -0.123. The van der Waals surface area contributed by atoms with Crippen molar-refractivity contribution in [1.29, 1.82) is 0 Å². The zero-order valence-electron chi connectivity index (χ0n) is 13.3. The Balaban J connectivity index is 2.25. The van der Waals surface area contributed by atoms with Crippen LogP contribution >= 0.6 is 0 Å². The van der Waals surface area contributed by atoms with Crippen LogP contribution in [0.1, 0.15) is 45.9 Å². The first kappa shape index (κ1) is 16.0. The Morgan fingerprint density at radius 3 is 2.81 bits per heavy atom. The van der Waals surface area contributed by atoms with E-state index in [0.29, 0.717) is 11.7 Å². The average Bonchev–Trinajstić information content (AvgIpc) is 2.46. The molecule has 1 aromatic heterocycles. The summed E-state index contributed by atoms with van der Waals surface area (Å²) in [5.74, 6) is 8.44. The average molecular weight is 293 g/mol. The third-order valence-corrected chi connectivity index (χ3v) is 3.91. The standard InChI is InChI=1S/C15H27N5O/c1-15(2,3)14-17-12(19-16)9-13(18-14)20-7-4-5-11(10-20)6-8-21/h9,11,21H,4-8,10,16H2,1-3H3,(H,17,18,19). The highest BCUT2D eigenvalue weighted by Crippen LogP contribution is 2.27. The summed E-state index contributed by atoms with van der Waals surface area (Å²) in [5.41, 5.74) is 2.51. The van der Waals surface area contributed by atoms with Crippen molar-refractivity contribution in [2.75, 3.05) is 30.0 Å². The molecule has 0 amide bonds. The van der Waals surface area contributed by atoms with Crippen LogP contribution in [0.25, 0.3) is 0 Å². The van der Waals surface area contributed by atoms with Crippen molar-refractivity contribution in [3.63, 3.8) is 0 Å². The van der Waals surface area contributed by atoms with Crippen LogP contribution in [-0.2, 0) is 5.41 Å². The fourth-order valence-corrected chi connectivity index (χ4v) is 2.70. The Labute approximate surface area is 126 Å². The van der Waals surface area contributed by atoms with Gasteiger partial charge in [0.05, 0.1) is 0 Å². The van der Waals surface area contributed by atoms with Gasteiger partial charge in [0, 0.05) is 31.2 Å². The topological polar surface area (TPSA) is 87.3 Å².